The van der Waals surface area contributed by atoms with E-state index in [9.17, 15) is 13.6 Å². The minimum Gasteiger partial charge on any atom is -0.444 e. The maximum Gasteiger partial charge on any atom is 0.410 e. The van der Waals surface area contributed by atoms with E-state index in [4.69, 9.17) is 4.74 Å². The van der Waals surface area contributed by atoms with Gasteiger partial charge >= 0.3 is 6.09 Å². The van der Waals surface area contributed by atoms with Crippen LogP contribution in [0.4, 0.5) is 13.6 Å². The Morgan fingerprint density at radius 1 is 1.26 bits per heavy atom. The summed E-state index contributed by atoms with van der Waals surface area (Å²) in [7, 11) is 0. The van der Waals surface area contributed by atoms with Crippen molar-refractivity contribution in [2.45, 2.75) is 51.4 Å². The molecule has 4 nitrogen and oxygen atoms in total. The minimum absolute atomic E-state index is 0.110. The van der Waals surface area contributed by atoms with Crippen molar-refractivity contribution in [2.75, 3.05) is 13.1 Å². The fourth-order valence-corrected chi connectivity index (χ4v) is 3.36. The molecule has 2 bridgehead atoms. The number of amides is 1. The van der Waals surface area contributed by atoms with E-state index >= 15 is 0 Å². The molecule has 2 aliphatic heterocycles. The molecular formula is C17H22F2N2O2. The summed E-state index contributed by atoms with van der Waals surface area (Å²) in [5.41, 5.74) is -0.0154. The topological polar surface area (TPSA) is 32.8 Å². The van der Waals surface area contributed by atoms with Gasteiger partial charge in [0.25, 0.3) is 0 Å². The van der Waals surface area contributed by atoms with Crippen molar-refractivity contribution < 1.29 is 18.3 Å². The SMILES string of the molecule is CC(C)(C)OC(=O)N1C[C@@H]2C[C@H]1CN2Cc1ccc(F)cc1F. The van der Waals surface area contributed by atoms with E-state index < -0.39 is 17.2 Å². The second kappa shape index (κ2) is 5.74. The number of piperazine rings is 1. The molecule has 0 aliphatic carbocycles. The van der Waals surface area contributed by atoms with Crippen LogP contribution in [-0.2, 0) is 11.3 Å². The van der Waals surface area contributed by atoms with Crippen molar-refractivity contribution >= 4 is 6.09 Å². The Morgan fingerprint density at radius 2 is 2.00 bits per heavy atom. The van der Waals surface area contributed by atoms with E-state index in [1.165, 1.54) is 12.1 Å². The Labute approximate surface area is 135 Å². The Hall–Kier alpha value is -1.69. The molecule has 0 radical (unpaired) electrons. The molecule has 0 aromatic heterocycles. The number of likely N-dealkylation sites (tertiary alicyclic amines) is 2. The van der Waals surface area contributed by atoms with Gasteiger partial charge in [0.15, 0.2) is 0 Å². The quantitative estimate of drug-likeness (QED) is 0.838. The van der Waals surface area contributed by atoms with Crippen molar-refractivity contribution in [3.63, 3.8) is 0 Å². The monoisotopic (exact) mass is 324 g/mol. The maximum absolute atomic E-state index is 13.8. The first kappa shape index (κ1) is 16.2. The molecular weight excluding hydrogens is 302 g/mol. The van der Waals surface area contributed by atoms with Crippen LogP contribution in [-0.4, -0.2) is 46.7 Å². The molecule has 2 fully saturated rings. The summed E-state index contributed by atoms with van der Waals surface area (Å²) in [6, 6.07) is 3.99. The molecule has 126 valence electrons. The Morgan fingerprint density at radius 3 is 2.57 bits per heavy atom. The molecule has 0 saturated carbocycles. The predicted molar refractivity (Wildman–Crippen MR) is 81.9 cm³/mol. The van der Waals surface area contributed by atoms with Gasteiger partial charge in [-0.3, -0.25) is 4.90 Å². The lowest BCUT2D eigenvalue weighted by atomic mass is 10.1. The van der Waals surface area contributed by atoms with Crippen LogP contribution >= 0.6 is 0 Å². The largest absolute Gasteiger partial charge is 0.444 e. The number of carbonyl (C=O) groups excluding carboxylic acids is 1. The lowest BCUT2D eigenvalue weighted by Gasteiger charge is -2.35. The number of rotatable bonds is 2. The van der Waals surface area contributed by atoms with Gasteiger partial charge in [0.2, 0.25) is 0 Å². The Balaban J connectivity index is 1.61. The number of benzene rings is 1. The van der Waals surface area contributed by atoms with Crippen LogP contribution < -0.4 is 0 Å². The van der Waals surface area contributed by atoms with Crippen molar-refractivity contribution in [1.82, 2.24) is 9.80 Å². The summed E-state index contributed by atoms with van der Waals surface area (Å²) in [4.78, 5) is 16.1. The second-order valence-electron chi connectivity index (χ2n) is 7.34. The highest BCUT2D eigenvalue weighted by molar-refractivity contribution is 5.69. The normalized spacial score (nSPS) is 24.3. The van der Waals surface area contributed by atoms with Crippen LogP contribution in [0.2, 0.25) is 0 Å². The zero-order valence-electron chi connectivity index (χ0n) is 13.7. The van der Waals surface area contributed by atoms with E-state index in [1.807, 2.05) is 20.8 Å². The average Bonchev–Trinajstić information content (AvgIpc) is 2.99. The van der Waals surface area contributed by atoms with Crippen molar-refractivity contribution in [3.8, 4) is 0 Å². The van der Waals surface area contributed by atoms with Crippen molar-refractivity contribution in [2.24, 2.45) is 0 Å². The van der Waals surface area contributed by atoms with Gasteiger partial charge in [-0.05, 0) is 33.3 Å². The molecule has 23 heavy (non-hydrogen) atoms. The number of halogens is 2. The van der Waals surface area contributed by atoms with Gasteiger partial charge in [0.1, 0.15) is 17.2 Å². The van der Waals surface area contributed by atoms with E-state index in [0.717, 1.165) is 12.5 Å². The average molecular weight is 324 g/mol. The molecule has 0 spiro atoms. The maximum atomic E-state index is 13.8. The van der Waals surface area contributed by atoms with Crippen LogP contribution in [0.1, 0.15) is 32.8 Å². The van der Waals surface area contributed by atoms with E-state index in [-0.39, 0.29) is 18.2 Å². The zero-order valence-corrected chi connectivity index (χ0v) is 13.7. The minimum atomic E-state index is -0.565. The zero-order chi connectivity index (χ0) is 16.8. The third kappa shape index (κ3) is 3.47. The lowest BCUT2D eigenvalue weighted by Crippen LogP contribution is -2.49. The summed E-state index contributed by atoms with van der Waals surface area (Å²) in [5, 5.41) is 0. The standard InChI is InChI=1S/C17H22F2N2O2/c1-17(2,3)23-16(22)21-10-13-7-14(21)9-20(13)8-11-4-5-12(18)6-15(11)19/h4-6,13-14H,7-10H2,1-3H3/t13-,14-/m0/s1. The molecule has 2 atom stereocenters. The Kier molecular flexibility index (Phi) is 4.04. The van der Waals surface area contributed by atoms with Crippen LogP contribution in [0, 0.1) is 11.6 Å². The van der Waals surface area contributed by atoms with E-state index in [0.29, 0.717) is 25.2 Å². The number of carbonyl (C=O) groups is 1. The van der Waals surface area contributed by atoms with Gasteiger partial charge in [-0.25, -0.2) is 13.6 Å². The van der Waals surface area contributed by atoms with Crippen LogP contribution in [0.15, 0.2) is 18.2 Å². The summed E-state index contributed by atoms with van der Waals surface area (Å²) < 4.78 is 32.2. The van der Waals surface area contributed by atoms with Crippen LogP contribution in [0.5, 0.6) is 0 Å². The van der Waals surface area contributed by atoms with Gasteiger partial charge in [0, 0.05) is 43.3 Å². The van der Waals surface area contributed by atoms with Gasteiger partial charge < -0.3 is 9.64 Å². The molecule has 0 unspecified atom stereocenters. The highest BCUT2D eigenvalue weighted by Crippen LogP contribution is 2.33. The summed E-state index contributed by atoms with van der Waals surface area (Å²) >= 11 is 0. The number of fused-ring (bicyclic) bond motifs is 2. The molecule has 1 amide bonds. The molecule has 1 aromatic rings. The number of ether oxygens (including phenoxy) is 1. The Bertz CT molecular complexity index is 615. The molecule has 0 N–H and O–H groups in total. The van der Waals surface area contributed by atoms with Gasteiger partial charge in [-0.15, -0.1) is 0 Å². The van der Waals surface area contributed by atoms with E-state index in [1.54, 1.807) is 4.90 Å². The summed E-state index contributed by atoms with van der Waals surface area (Å²) in [5.74, 6) is -1.08. The highest BCUT2D eigenvalue weighted by atomic mass is 19.1. The highest BCUT2D eigenvalue weighted by Gasteiger charge is 2.46. The van der Waals surface area contributed by atoms with Crippen molar-refractivity contribution in [3.05, 3.63) is 35.4 Å². The fraction of sp³-hybridized carbons (Fsp3) is 0.588. The molecule has 2 aliphatic rings. The molecule has 1 aromatic carbocycles. The molecule has 3 rings (SSSR count). The lowest BCUT2D eigenvalue weighted by molar-refractivity contribution is 0.0123. The van der Waals surface area contributed by atoms with Crippen LogP contribution in [0.3, 0.4) is 0 Å². The smallest absolute Gasteiger partial charge is 0.410 e. The predicted octanol–water partition coefficient (Wildman–Crippen LogP) is 3.16. The molecule has 6 heteroatoms. The third-order valence-electron chi connectivity index (χ3n) is 4.37. The van der Waals surface area contributed by atoms with Gasteiger partial charge in [-0.2, -0.15) is 0 Å². The summed E-state index contributed by atoms with van der Waals surface area (Å²) in [6.07, 6.45) is 0.597. The molecule has 2 saturated heterocycles. The number of hydrogen-bond acceptors (Lipinski definition) is 3. The first-order chi connectivity index (χ1) is 10.7. The van der Waals surface area contributed by atoms with Crippen LogP contribution in [0.25, 0.3) is 0 Å². The van der Waals surface area contributed by atoms with Crippen molar-refractivity contribution in [1.29, 1.82) is 0 Å². The first-order valence-corrected chi connectivity index (χ1v) is 7.90. The number of hydrogen-bond donors (Lipinski definition) is 0. The summed E-state index contributed by atoms with van der Waals surface area (Å²) in [6.45, 7) is 7.28. The second-order valence-corrected chi connectivity index (χ2v) is 7.34. The fourth-order valence-electron chi connectivity index (χ4n) is 3.36. The van der Waals surface area contributed by atoms with Gasteiger partial charge in [-0.1, -0.05) is 6.07 Å². The first-order valence-electron chi connectivity index (χ1n) is 7.90. The third-order valence-corrected chi connectivity index (χ3v) is 4.37. The van der Waals surface area contributed by atoms with E-state index in [2.05, 4.69) is 4.90 Å². The molecule has 2 heterocycles. The van der Waals surface area contributed by atoms with Gasteiger partial charge in [0.05, 0.1) is 0 Å². The number of nitrogens with zero attached hydrogens (tertiary/aromatic N) is 2.